The average molecular weight is 327 g/mol. The number of rotatable bonds is 2. The number of nitriles is 1. The lowest BCUT2D eigenvalue weighted by atomic mass is 9.40. The first-order valence-corrected chi connectivity index (χ1v) is 8.31. The maximum Gasteiger partial charge on any atom is 0.347 e. The first-order valence-electron chi connectivity index (χ1n) is 7.94. The van der Waals surface area contributed by atoms with Crippen LogP contribution in [-0.4, -0.2) is 14.3 Å². The molecule has 1 atom stereocenters. The minimum Gasteiger partial charge on any atom is -0.271 e. The second-order valence-corrected chi connectivity index (χ2v) is 7.67. The molecule has 2 heterocycles. The fourth-order valence-electron chi connectivity index (χ4n) is 4.71. The van der Waals surface area contributed by atoms with Crippen molar-refractivity contribution in [2.24, 2.45) is 5.41 Å². The molecule has 3 saturated carbocycles. The fraction of sp³-hybridized carbons (Fsp3) is 0.471. The van der Waals surface area contributed by atoms with Crippen LogP contribution in [0.3, 0.4) is 0 Å². The summed E-state index contributed by atoms with van der Waals surface area (Å²) in [7, 11) is 0. The molecule has 0 saturated heterocycles. The van der Waals surface area contributed by atoms with Gasteiger partial charge in [-0.15, -0.1) is 0 Å². The van der Waals surface area contributed by atoms with E-state index in [-0.39, 0.29) is 22.7 Å². The Labute approximate surface area is 138 Å². The van der Waals surface area contributed by atoms with Crippen molar-refractivity contribution < 1.29 is 0 Å². The zero-order chi connectivity index (χ0) is 15.8. The second-order valence-electron chi connectivity index (χ2n) is 7.24. The van der Waals surface area contributed by atoms with Gasteiger partial charge in [-0.2, -0.15) is 10.4 Å². The minimum atomic E-state index is -0.191. The zero-order valence-electron chi connectivity index (χ0n) is 12.5. The van der Waals surface area contributed by atoms with E-state index in [1.165, 1.54) is 0 Å². The summed E-state index contributed by atoms with van der Waals surface area (Å²) in [5.74, 6) is 0.857. The third-order valence-electron chi connectivity index (χ3n) is 5.76. The average Bonchev–Trinajstić information content (AvgIpc) is 2.99. The summed E-state index contributed by atoms with van der Waals surface area (Å²) in [6.45, 7) is 0. The maximum absolute atomic E-state index is 12.9. The van der Waals surface area contributed by atoms with Crippen molar-refractivity contribution in [2.45, 2.75) is 43.7 Å². The van der Waals surface area contributed by atoms with Gasteiger partial charge in [-0.3, -0.25) is 4.57 Å². The maximum atomic E-state index is 12.9. The Morgan fingerprint density at radius 3 is 2.83 bits per heavy atom. The van der Waals surface area contributed by atoms with E-state index in [0.717, 1.165) is 43.5 Å². The highest BCUT2D eigenvalue weighted by molar-refractivity contribution is 6.30. The monoisotopic (exact) mass is 326 g/mol. The summed E-state index contributed by atoms with van der Waals surface area (Å²) in [4.78, 5) is 12.9. The smallest absolute Gasteiger partial charge is 0.271 e. The zero-order valence-corrected chi connectivity index (χ0v) is 13.3. The van der Waals surface area contributed by atoms with Crippen molar-refractivity contribution in [3.8, 4) is 6.07 Å². The van der Waals surface area contributed by atoms with Gasteiger partial charge in [0.05, 0.1) is 23.1 Å². The van der Waals surface area contributed by atoms with Crippen molar-refractivity contribution >= 4 is 11.6 Å². The van der Waals surface area contributed by atoms with E-state index in [1.54, 1.807) is 4.68 Å². The topological polar surface area (TPSA) is 63.6 Å². The van der Waals surface area contributed by atoms with Gasteiger partial charge in [0, 0.05) is 11.4 Å². The van der Waals surface area contributed by atoms with Crippen molar-refractivity contribution in [1.29, 1.82) is 5.26 Å². The van der Waals surface area contributed by atoms with Crippen molar-refractivity contribution in [3.63, 3.8) is 0 Å². The van der Waals surface area contributed by atoms with Crippen LogP contribution in [0.1, 0.15) is 43.1 Å². The fourth-order valence-corrected chi connectivity index (χ4v) is 4.91. The van der Waals surface area contributed by atoms with Gasteiger partial charge in [0.15, 0.2) is 0 Å². The second kappa shape index (κ2) is 4.07. The molecule has 0 N–H and O–H groups in total. The molecule has 0 amide bonds. The number of aromatic nitrogens is 3. The molecule has 1 unspecified atom stereocenters. The number of hydrogen-bond acceptors (Lipinski definition) is 3. The minimum absolute atomic E-state index is 0.0160. The van der Waals surface area contributed by atoms with Crippen LogP contribution in [0, 0.1) is 16.7 Å². The highest BCUT2D eigenvalue weighted by atomic mass is 35.5. The summed E-state index contributed by atoms with van der Waals surface area (Å²) >= 11 is 6.10. The highest BCUT2D eigenvalue weighted by Gasteiger charge is 2.71. The number of nitrogens with zero attached hydrogens (tertiary/aromatic N) is 4. The highest BCUT2D eigenvalue weighted by Crippen LogP contribution is 2.70. The van der Waals surface area contributed by atoms with E-state index in [0.29, 0.717) is 5.02 Å². The van der Waals surface area contributed by atoms with E-state index >= 15 is 0 Å². The first-order chi connectivity index (χ1) is 11.1. The van der Waals surface area contributed by atoms with E-state index in [9.17, 15) is 10.1 Å². The Morgan fingerprint density at radius 1 is 1.35 bits per heavy atom. The Hall–Kier alpha value is -2.06. The molecule has 2 bridgehead atoms. The molecule has 1 aromatic heterocycles. The van der Waals surface area contributed by atoms with Gasteiger partial charge in [-0.25, -0.2) is 9.48 Å². The molecule has 5 nitrogen and oxygen atoms in total. The number of aryl methyl sites for hydroxylation is 1. The summed E-state index contributed by atoms with van der Waals surface area (Å²) in [5, 5.41) is 14.5. The third-order valence-corrected chi connectivity index (χ3v) is 5.99. The molecular weight excluding hydrogens is 312 g/mol. The largest absolute Gasteiger partial charge is 0.347 e. The lowest BCUT2D eigenvalue weighted by Gasteiger charge is -2.65. The molecule has 116 valence electrons. The third kappa shape index (κ3) is 1.57. The van der Waals surface area contributed by atoms with Crippen molar-refractivity contribution in [1.82, 2.24) is 14.3 Å². The molecule has 2 aromatic rings. The molecule has 1 aromatic carbocycles. The normalized spacial score (nSPS) is 33.5. The van der Waals surface area contributed by atoms with E-state index < -0.39 is 0 Å². The standard InChI is InChI=1S/C17H15ClN4O/c18-12-3-1-2-11(6-12)13-4-5-14-20-22(15(23)21(13)14)17-7-16(8-17,9-17)10-19/h1-3,6,13H,4-5,7-9H2. The van der Waals surface area contributed by atoms with Gasteiger partial charge in [-0.05, 0) is 43.4 Å². The first kappa shape index (κ1) is 13.4. The molecule has 3 fully saturated rings. The Morgan fingerprint density at radius 2 is 2.13 bits per heavy atom. The van der Waals surface area contributed by atoms with Gasteiger partial charge in [0.2, 0.25) is 0 Å². The Kier molecular flexibility index (Phi) is 2.37. The van der Waals surface area contributed by atoms with Crippen LogP contribution in [0.15, 0.2) is 29.1 Å². The van der Waals surface area contributed by atoms with E-state index in [1.807, 2.05) is 28.8 Å². The number of halogens is 1. The predicted octanol–water partition coefficient (Wildman–Crippen LogP) is 2.64. The molecule has 23 heavy (non-hydrogen) atoms. The molecule has 1 aliphatic heterocycles. The van der Waals surface area contributed by atoms with Crippen LogP contribution in [0.4, 0.5) is 0 Å². The summed E-state index contributed by atoms with van der Waals surface area (Å²) in [5.41, 5.74) is 0.654. The van der Waals surface area contributed by atoms with E-state index in [4.69, 9.17) is 11.6 Å². The van der Waals surface area contributed by atoms with Gasteiger partial charge in [-0.1, -0.05) is 23.7 Å². The lowest BCUT2D eigenvalue weighted by Crippen LogP contribution is -2.69. The van der Waals surface area contributed by atoms with Crippen molar-refractivity contribution in [3.05, 3.63) is 51.2 Å². The summed E-state index contributed by atoms with van der Waals surface area (Å²) in [6.07, 6.45) is 4.00. The quantitative estimate of drug-likeness (QED) is 0.852. The Balaban J connectivity index is 1.55. The van der Waals surface area contributed by atoms with Gasteiger partial charge < -0.3 is 0 Å². The lowest BCUT2D eigenvalue weighted by molar-refractivity contribution is -0.155. The SMILES string of the molecule is N#CC12CC(n3nc4n(c3=O)C(c3cccc(Cl)c3)CC4)(C1)C2. The summed E-state index contributed by atoms with van der Waals surface area (Å²) in [6, 6.07) is 10.1. The van der Waals surface area contributed by atoms with Crippen LogP contribution >= 0.6 is 11.6 Å². The number of hydrogen-bond donors (Lipinski definition) is 0. The van der Waals surface area contributed by atoms with E-state index in [2.05, 4.69) is 11.2 Å². The van der Waals surface area contributed by atoms with Crippen LogP contribution in [0.2, 0.25) is 5.02 Å². The van der Waals surface area contributed by atoms with Gasteiger partial charge >= 0.3 is 5.69 Å². The molecule has 6 heteroatoms. The van der Waals surface area contributed by atoms with Crippen LogP contribution in [0.25, 0.3) is 0 Å². The van der Waals surface area contributed by atoms with Crippen molar-refractivity contribution in [2.75, 3.05) is 0 Å². The Bertz CT molecular complexity index is 915. The number of benzene rings is 1. The molecule has 0 radical (unpaired) electrons. The molecular formula is C17H15ClN4O. The van der Waals surface area contributed by atoms with Crippen LogP contribution in [-0.2, 0) is 12.0 Å². The van der Waals surface area contributed by atoms with Gasteiger partial charge in [0.1, 0.15) is 5.82 Å². The molecule has 4 aliphatic rings. The molecule has 3 aliphatic carbocycles. The summed E-state index contributed by atoms with van der Waals surface area (Å²) < 4.78 is 3.49. The molecule has 0 spiro atoms. The van der Waals surface area contributed by atoms with Gasteiger partial charge in [0.25, 0.3) is 0 Å². The number of fused-ring (bicyclic) bond motifs is 1. The predicted molar refractivity (Wildman–Crippen MR) is 84.3 cm³/mol. The molecule has 6 rings (SSSR count). The van der Waals surface area contributed by atoms with Crippen LogP contribution < -0.4 is 5.69 Å². The van der Waals surface area contributed by atoms with Crippen LogP contribution in [0.5, 0.6) is 0 Å².